The van der Waals surface area contributed by atoms with Crippen molar-refractivity contribution in [2.45, 2.75) is 31.7 Å². The lowest BCUT2D eigenvalue weighted by Gasteiger charge is -2.28. The van der Waals surface area contributed by atoms with E-state index in [0.29, 0.717) is 10.0 Å². The quantitative estimate of drug-likeness (QED) is 0.840. The van der Waals surface area contributed by atoms with Crippen LogP contribution in [-0.2, 0) is 0 Å². The lowest BCUT2D eigenvalue weighted by Crippen LogP contribution is -2.43. The van der Waals surface area contributed by atoms with E-state index in [1.165, 1.54) is 12.1 Å². The van der Waals surface area contributed by atoms with Gasteiger partial charge in [-0.3, -0.25) is 4.79 Å². The molecule has 0 spiro atoms. The summed E-state index contributed by atoms with van der Waals surface area (Å²) >= 11 is 8.13. The Labute approximate surface area is 131 Å². The number of nitrogens with zero attached hydrogens (tertiary/aromatic N) is 1. The molecule has 1 fully saturated rings. The number of hydrogen-bond donors (Lipinski definition) is 1. The van der Waals surface area contributed by atoms with Gasteiger partial charge in [-0.05, 0) is 31.0 Å². The number of nitrogens with two attached hydrogens (primary N) is 1. The minimum absolute atomic E-state index is 0.144. The Morgan fingerprint density at radius 3 is 2.60 bits per heavy atom. The maximum absolute atomic E-state index is 13.4. The number of carbonyl (C=O) groups is 1. The van der Waals surface area contributed by atoms with Crippen LogP contribution < -0.4 is 5.73 Å². The first kappa shape index (κ1) is 15.4. The van der Waals surface area contributed by atoms with Gasteiger partial charge in [-0.1, -0.05) is 41.0 Å². The molecule has 0 unspecified atom stereocenters. The van der Waals surface area contributed by atoms with Gasteiger partial charge in [0.05, 0.1) is 11.5 Å². The largest absolute Gasteiger partial charge is 0.392 e. The first-order valence-corrected chi connectivity index (χ1v) is 7.73. The van der Waals surface area contributed by atoms with Crippen molar-refractivity contribution in [3.8, 4) is 0 Å². The van der Waals surface area contributed by atoms with Gasteiger partial charge >= 0.3 is 0 Å². The van der Waals surface area contributed by atoms with Crippen LogP contribution in [-0.4, -0.2) is 28.4 Å². The Bertz CT molecular complexity index is 512. The summed E-state index contributed by atoms with van der Waals surface area (Å²) < 4.78 is 14.0. The van der Waals surface area contributed by atoms with Crippen LogP contribution in [0.15, 0.2) is 22.7 Å². The van der Waals surface area contributed by atoms with Crippen molar-refractivity contribution < 1.29 is 9.18 Å². The van der Waals surface area contributed by atoms with Crippen LogP contribution in [0, 0.1) is 5.82 Å². The molecule has 108 valence electrons. The van der Waals surface area contributed by atoms with Gasteiger partial charge < -0.3 is 10.6 Å². The van der Waals surface area contributed by atoms with Crippen LogP contribution in [0.2, 0.25) is 0 Å². The Morgan fingerprint density at radius 2 is 2.05 bits per heavy atom. The van der Waals surface area contributed by atoms with E-state index in [0.717, 1.165) is 25.7 Å². The fourth-order valence-electron chi connectivity index (χ4n) is 2.59. The van der Waals surface area contributed by atoms with Crippen molar-refractivity contribution in [2.75, 3.05) is 6.54 Å². The Kier molecular flexibility index (Phi) is 5.10. The number of amides is 1. The summed E-state index contributed by atoms with van der Waals surface area (Å²) in [6, 6.07) is 4.33. The van der Waals surface area contributed by atoms with Crippen LogP contribution >= 0.6 is 28.1 Å². The zero-order chi connectivity index (χ0) is 14.7. The molecule has 0 heterocycles. The lowest BCUT2D eigenvalue weighted by atomic mass is 10.1. The average Bonchev–Trinajstić information content (AvgIpc) is 2.87. The number of rotatable bonds is 4. The average molecular weight is 359 g/mol. The SMILES string of the molecule is NC(=S)CN(C(=O)c1cc(F)cc(Br)c1)C1CCCC1. The highest BCUT2D eigenvalue weighted by molar-refractivity contribution is 9.10. The molecule has 1 aromatic rings. The normalized spacial score (nSPS) is 15.3. The van der Waals surface area contributed by atoms with E-state index in [9.17, 15) is 9.18 Å². The molecule has 1 aromatic carbocycles. The monoisotopic (exact) mass is 358 g/mol. The Hall–Kier alpha value is -1.01. The topological polar surface area (TPSA) is 46.3 Å². The lowest BCUT2D eigenvalue weighted by molar-refractivity contribution is 0.0714. The molecule has 2 N–H and O–H groups in total. The van der Waals surface area contributed by atoms with Crippen LogP contribution in [0.25, 0.3) is 0 Å². The minimum Gasteiger partial charge on any atom is -0.392 e. The predicted molar refractivity (Wildman–Crippen MR) is 84.2 cm³/mol. The van der Waals surface area contributed by atoms with Gasteiger partial charge in [-0.15, -0.1) is 0 Å². The molecule has 1 amide bonds. The third-order valence-corrected chi connectivity index (χ3v) is 4.05. The van der Waals surface area contributed by atoms with Gasteiger partial charge in [-0.25, -0.2) is 4.39 Å². The van der Waals surface area contributed by atoms with Crippen molar-refractivity contribution in [1.29, 1.82) is 0 Å². The van der Waals surface area contributed by atoms with E-state index in [1.807, 2.05) is 0 Å². The molecule has 0 aromatic heterocycles. The first-order valence-electron chi connectivity index (χ1n) is 6.53. The van der Waals surface area contributed by atoms with E-state index >= 15 is 0 Å². The van der Waals surface area contributed by atoms with Crippen molar-refractivity contribution in [1.82, 2.24) is 4.90 Å². The predicted octanol–water partition coefficient (Wildman–Crippen LogP) is 3.26. The first-order chi connectivity index (χ1) is 9.47. The molecule has 6 heteroatoms. The number of benzene rings is 1. The molecule has 0 aliphatic heterocycles. The van der Waals surface area contributed by atoms with E-state index in [2.05, 4.69) is 15.9 Å². The highest BCUT2D eigenvalue weighted by Gasteiger charge is 2.28. The molecule has 0 atom stereocenters. The molecule has 1 aliphatic rings. The third kappa shape index (κ3) is 3.76. The second-order valence-corrected chi connectivity index (χ2v) is 6.44. The summed E-state index contributed by atoms with van der Waals surface area (Å²) in [5, 5.41) is 0. The van der Waals surface area contributed by atoms with Crippen molar-refractivity contribution in [2.24, 2.45) is 5.73 Å². The van der Waals surface area contributed by atoms with Gasteiger partial charge in [0.1, 0.15) is 5.82 Å². The number of carbonyl (C=O) groups excluding carboxylic acids is 1. The Balaban J connectivity index is 2.26. The maximum atomic E-state index is 13.4. The van der Waals surface area contributed by atoms with E-state index in [-0.39, 0.29) is 23.5 Å². The second kappa shape index (κ2) is 6.63. The summed E-state index contributed by atoms with van der Waals surface area (Å²) in [4.78, 5) is 14.6. The molecule has 1 aliphatic carbocycles. The summed E-state index contributed by atoms with van der Waals surface area (Å²) in [6.45, 7) is 0.243. The van der Waals surface area contributed by atoms with Crippen LogP contribution in [0.5, 0.6) is 0 Å². The number of hydrogen-bond acceptors (Lipinski definition) is 2. The second-order valence-electron chi connectivity index (χ2n) is 5.00. The molecule has 2 rings (SSSR count). The summed E-state index contributed by atoms with van der Waals surface area (Å²) in [5.74, 6) is -0.658. The zero-order valence-electron chi connectivity index (χ0n) is 10.9. The zero-order valence-corrected chi connectivity index (χ0v) is 13.3. The smallest absolute Gasteiger partial charge is 0.254 e. The van der Waals surface area contributed by atoms with Gasteiger partial charge in [0.25, 0.3) is 5.91 Å². The molecular weight excluding hydrogens is 343 g/mol. The third-order valence-electron chi connectivity index (χ3n) is 3.46. The highest BCUT2D eigenvalue weighted by Crippen LogP contribution is 2.25. The molecule has 1 saturated carbocycles. The maximum Gasteiger partial charge on any atom is 0.254 e. The molecule has 20 heavy (non-hydrogen) atoms. The molecular formula is C14H16BrFN2OS. The summed E-state index contributed by atoms with van der Waals surface area (Å²) in [6.07, 6.45) is 4.09. The molecule has 3 nitrogen and oxygen atoms in total. The van der Waals surface area contributed by atoms with Crippen molar-refractivity contribution >= 4 is 39.0 Å². The summed E-state index contributed by atoms with van der Waals surface area (Å²) in [7, 11) is 0. The number of halogens is 2. The van der Waals surface area contributed by atoms with Gasteiger partial charge in [0.15, 0.2) is 0 Å². The van der Waals surface area contributed by atoms with Gasteiger partial charge in [0.2, 0.25) is 0 Å². The van der Waals surface area contributed by atoms with Gasteiger partial charge in [-0.2, -0.15) is 0 Å². The minimum atomic E-state index is -0.440. The van der Waals surface area contributed by atoms with Crippen molar-refractivity contribution in [3.63, 3.8) is 0 Å². The summed E-state index contributed by atoms with van der Waals surface area (Å²) in [5.41, 5.74) is 5.91. The standard InChI is InChI=1S/C14H16BrFN2OS/c15-10-5-9(6-11(16)7-10)14(19)18(8-13(17)20)12-3-1-2-4-12/h5-7,12H,1-4,8H2,(H2,17,20). The van der Waals surface area contributed by atoms with E-state index < -0.39 is 5.82 Å². The van der Waals surface area contributed by atoms with Crippen LogP contribution in [0.4, 0.5) is 4.39 Å². The van der Waals surface area contributed by atoms with E-state index in [4.69, 9.17) is 18.0 Å². The van der Waals surface area contributed by atoms with Crippen LogP contribution in [0.3, 0.4) is 0 Å². The number of thiocarbonyl (C=S) groups is 1. The fraction of sp³-hybridized carbons (Fsp3) is 0.429. The van der Waals surface area contributed by atoms with E-state index in [1.54, 1.807) is 11.0 Å². The van der Waals surface area contributed by atoms with Gasteiger partial charge in [0, 0.05) is 16.1 Å². The molecule has 0 bridgehead atoms. The fourth-order valence-corrected chi connectivity index (χ4v) is 3.20. The highest BCUT2D eigenvalue weighted by atomic mass is 79.9. The van der Waals surface area contributed by atoms with Crippen molar-refractivity contribution in [3.05, 3.63) is 34.1 Å². The Morgan fingerprint density at radius 1 is 1.40 bits per heavy atom. The molecule has 0 saturated heterocycles. The van der Waals surface area contributed by atoms with Crippen LogP contribution in [0.1, 0.15) is 36.0 Å². The molecule has 0 radical (unpaired) electrons.